The Labute approximate surface area is 187 Å². The van der Waals surface area contributed by atoms with Crippen LogP contribution in [0, 0.1) is 5.82 Å². The van der Waals surface area contributed by atoms with Crippen molar-refractivity contribution >= 4 is 34.6 Å². The van der Waals surface area contributed by atoms with Crippen molar-refractivity contribution in [2.45, 2.75) is 25.7 Å². The summed E-state index contributed by atoms with van der Waals surface area (Å²) < 4.78 is 55.8. The van der Waals surface area contributed by atoms with Crippen LogP contribution in [-0.4, -0.2) is 26.1 Å². The summed E-state index contributed by atoms with van der Waals surface area (Å²) in [7, 11) is 0. The minimum absolute atomic E-state index is 0.0271. The standard InChI is InChI=1S/C21H19ClF4N4S/c22-16-5-6-19(18(12-16)21(24,25)26)28-20(31)30(9-2-8-29-10-7-27-14-29)13-15-3-1-4-17(23)11-15/h1,3-7,10-12,14H,2,8-9,13H2,(H,28,31). The highest BCUT2D eigenvalue weighted by atomic mass is 35.5. The average Bonchev–Trinajstić information content (AvgIpc) is 3.21. The Kier molecular flexibility index (Phi) is 7.50. The topological polar surface area (TPSA) is 33.1 Å². The Morgan fingerprint density at radius 1 is 1.19 bits per heavy atom. The zero-order chi connectivity index (χ0) is 22.4. The zero-order valence-electron chi connectivity index (χ0n) is 16.2. The van der Waals surface area contributed by atoms with Gasteiger partial charge in [0, 0.05) is 37.1 Å². The second-order valence-corrected chi connectivity index (χ2v) is 7.65. The molecule has 0 amide bonds. The van der Waals surface area contributed by atoms with Crippen LogP contribution >= 0.6 is 23.8 Å². The van der Waals surface area contributed by atoms with E-state index in [-0.39, 0.29) is 22.4 Å². The Hall–Kier alpha value is -2.65. The van der Waals surface area contributed by atoms with E-state index in [0.717, 1.165) is 6.07 Å². The number of anilines is 1. The normalized spacial score (nSPS) is 11.4. The van der Waals surface area contributed by atoms with Gasteiger partial charge in [-0.05, 0) is 54.5 Å². The van der Waals surface area contributed by atoms with Gasteiger partial charge in [0.2, 0.25) is 0 Å². The largest absolute Gasteiger partial charge is 0.418 e. The maximum Gasteiger partial charge on any atom is 0.418 e. The van der Waals surface area contributed by atoms with Gasteiger partial charge in [0.25, 0.3) is 0 Å². The number of benzene rings is 2. The summed E-state index contributed by atoms with van der Waals surface area (Å²) >= 11 is 11.2. The van der Waals surface area contributed by atoms with Gasteiger partial charge in [0.05, 0.1) is 17.6 Å². The van der Waals surface area contributed by atoms with Gasteiger partial charge in [-0.2, -0.15) is 13.2 Å². The van der Waals surface area contributed by atoms with E-state index in [1.54, 1.807) is 29.6 Å². The molecule has 0 saturated carbocycles. The van der Waals surface area contributed by atoms with Gasteiger partial charge in [0.1, 0.15) is 5.82 Å². The molecule has 164 valence electrons. The minimum Gasteiger partial charge on any atom is -0.345 e. The van der Waals surface area contributed by atoms with Crippen molar-refractivity contribution in [2.24, 2.45) is 0 Å². The molecule has 3 aromatic rings. The molecule has 4 nitrogen and oxygen atoms in total. The van der Waals surface area contributed by atoms with E-state index in [2.05, 4.69) is 10.3 Å². The fourth-order valence-corrected chi connectivity index (χ4v) is 3.46. The number of thiocarbonyl (C=S) groups is 1. The van der Waals surface area contributed by atoms with E-state index in [1.165, 1.54) is 24.3 Å². The molecule has 0 bridgehead atoms. The molecule has 1 heterocycles. The van der Waals surface area contributed by atoms with Crippen LogP contribution < -0.4 is 5.32 Å². The number of hydrogen-bond donors (Lipinski definition) is 1. The second kappa shape index (κ2) is 10.1. The van der Waals surface area contributed by atoms with Crippen molar-refractivity contribution in [1.82, 2.24) is 14.5 Å². The Morgan fingerprint density at radius 3 is 2.68 bits per heavy atom. The third-order valence-electron chi connectivity index (χ3n) is 4.48. The van der Waals surface area contributed by atoms with Gasteiger partial charge < -0.3 is 14.8 Å². The summed E-state index contributed by atoms with van der Waals surface area (Å²) in [5.41, 5.74) is -0.453. The maximum absolute atomic E-state index is 13.6. The van der Waals surface area contributed by atoms with Crippen LogP contribution in [-0.2, 0) is 19.3 Å². The molecular weight excluding hydrogens is 452 g/mol. The van der Waals surface area contributed by atoms with Crippen molar-refractivity contribution < 1.29 is 17.6 Å². The van der Waals surface area contributed by atoms with E-state index in [4.69, 9.17) is 23.8 Å². The quantitative estimate of drug-likeness (QED) is 0.340. The Bertz CT molecular complexity index is 1020. The molecule has 3 rings (SSSR count). The first-order valence-electron chi connectivity index (χ1n) is 9.35. The van der Waals surface area contributed by atoms with Crippen LogP contribution in [0.25, 0.3) is 0 Å². The number of alkyl halides is 3. The zero-order valence-corrected chi connectivity index (χ0v) is 17.8. The first kappa shape index (κ1) is 23.0. The molecule has 0 aliphatic rings. The Morgan fingerprint density at radius 2 is 2.00 bits per heavy atom. The number of imidazole rings is 1. The number of nitrogens with one attached hydrogen (secondary N) is 1. The molecule has 1 aromatic heterocycles. The van der Waals surface area contributed by atoms with Crippen LogP contribution in [0.5, 0.6) is 0 Å². The van der Waals surface area contributed by atoms with E-state index >= 15 is 0 Å². The van der Waals surface area contributed by atoms with Crippen LogP contribution in [0.15, 0.2) is 61.2 Å². The predicted molar refractivity (Wildman–Crippen MR) is 116 cm³/mol. The average molecular weight is 471 g/mol. The lowest BCUT2D eigenvalue weighted by atomic mass is 10.1. The molecule has 0 saturated heterocycles. The smallest absolute Gasteiger partial charge is 0.345 e. The third-order valence-corrected chi connectivity index (χ3v) is 5.08. The second-order valence-electron chi connectivity index (χ2n) is 6.82. The summed E-state index contributed by atoms with van der Waals surface area (Å²) in [4.78, 5) is 5.68. The van der Waals surface area contributed by atoms with Crippen LogP contribution in [0.1, 0.15) is 17.5 Å². The molecule has 0 aliphatic carbocycles. The van der Waals surface area contributed by atoms with E-state index in [9.17, 15) is 17.6 Å². The van der Waals surface area contributed by atoms with Crippen LogP contribution in [0.4, 0.5) is 23.2 Å². The number of nitrogens with zero attached hydrogens (tertiary/aromatic N) is 3. The van der Waals surface area contributed by atoms with Crippen molar-refractivity contribution in [1.29, 1.82) is 0 Å². The molecule has 0 unspecified atom stereocenters. The molecule has 0 aliphatic heterocycles. The molecule has 2 aromatic carbocycles. The highest BCUT2D eigenvalue weighted by Crippen LogP contribution is 2.36. The molecule has 0 fully saturated rings. The number of halogens is 5. The summed E-state index contributed by atoms with van der Waals surface area (Å²) in [6.07, 6.45) is 1.21. The van der Waals surface area contributed by atoms with Gasteiger partial charge in [-0.1, -0.05) is 23.7 Å². The number of aryl methyl sites for hydroxylation is 1. The van der Waals surface area contributed by atoms with Gasteiger partial charge in [-0.15, -0.1) is 0 Å². The van der Waals surface area contributed by atoms with E-state index < -0.39 is 17.6 Å². The van der Waals surface area contributed by atoms with Crippen molar-refractivity contribution in [2.75, 3.05) is 11.9 Å². The molecule has 31 heavy (non-hydrogen) atoms. The molecule has 1 N–H and O–H groups in total. The maximum atomic E-state index is 13.6. The van der Waals surface area contributed by atoms with Crippen molar-refractivity contribution in [3.05, 3.63) is 83.2 Å². The number of rotatable bonds is 7. The van der Waals surface area contributed by atoms with Gasteiger partial charge in [-0.3, -0.25) is 0 Å². The fraction of sp³-hybridized carbons (Fsp3) is 0.238. The lowest BCUT2D eigenvalue weighted by Gasteiger charge is -2.27. The summed E-state index contributed by atoms with van der Waals surface area (Å²) in [6, 6.07) is 9.45. The highest BCUT2D eigenvalue weighted by molar-refractivity contribution is 7.80. The first-order chi connectivity index (χ1) is 14.7. The van der Waals surface area contributed by atoms with Crippen molar-refractivity contribution in [3.8, 4) is 0 Å². The van der Waals surface area contributed by atoms with E-state index in [0.29, 0.717) is 25.1 Å². The molecule has 0 atom stereocenters. The first-order valence-corrected chi connectivity index (χ1v) is 10.1. The number of aromatic nitrogens is 2. The van der Waals surface area contributed by atoms with Gasteiger partial charge in [0.15, 0.2) is 5.11 Å². The molecule has 0 spiro atoms. The van der Waals surface area contributed by atoms with Crippen LogP contribution in [0.2, 0.25) is 5.02 Å². The summed E-state index contributed by atoms with van der Waals surface area (Å²) in [5, 5.41) is 2.76. The monoisotopic (exact) mass is 470 g/mol. The molecule has 10 heteroatoms. The predicted octanol–water partition coefficient (Wildman–Crippen LogP) is 5.98. The van der Waals surface area contributed by atoms with E-state index in [1.807, 2.05) is 10.8 Å². The molecular formula is C21H19ClF4N4S. The third kappa shape index (κ3) is 6.67. The SMILES string of the molecule is Fc1cccc(CN(CCCn2ccnc2)C(=S)Nc2ccc(Cl)cc2C(F)(F)F)c1. The molecule has 0 radical (unpaired) electrons. The van der Waals surface area contributed by atoms with Gasteiger partial charge in [-0.25, -0.2) is 9.37 Å². The van der Waals surface area contributed by atoms with Gasteiger partial charge >= 0.3 is 6.18 Å². The minimum atomic E-state index is -4.60. The fourth-order valence-electron chi connectivity index (χ4n) is 3.03. The Balaban J connectivity index is 1.78. The van der Waals surface area contributed by atoms with Crippen molar-refractivity contribution in [3.63, 3.8) is 0 Å². The lowest BCUT2D eigenvalue weighted by Crippen LogP contribution is -2.36. The lowest BCUT2D eigenvalue weighted by molar-refractivity contribution is -0.136. The highest BCUT2D eigenvalue weighted by Gasteiger charge is 2.34. The van der Waals surface area contributed by atoms with Crippen LogP contribution in [0.3, 0.4) is 0 Å². The summed E-state index contributed by atoms with van der Waals surface area (Å²) in [5.74, 6) is -0.396. The number of hydrogen-bond acceptors (Lipinski definition) is 2. The summed E-state index contributed by atoms with van der Waals surface area (Å²) in [6.45, 7) is 1.33.